The maximum atomic E-state index is 13.3. The first kappa shape index (κ1) is 17.2. The molecule has 0 saturated heterocycles. The molecular formula is C19H20NO2PS. The first-order valence-corrected chi connectivity index (χ1v) is 10.6. The maximum Gasteiger partial charge on any atom is 0.192 e. The number of aliphatic hydroxyl groups excluding tert-OH is 1. The van der Waals surface area contributed by atoms with E-state index < -0.39 is 7.29 Å². The molecule has 3 nitrogen and oxygen atoms in total. The second kappa shape index (κ2) is 8.00. The van der Waals surface area contributed by atoms with Gasteiger partial charge in [0.15, 0.2) is 7.29 Å². The second-order valence-corrected chi connectivity index (χ2v) is 8.85. The topological polar surface area (TPSA) is 49.3 Å². The van der Waals surface area contributed by atoms with Gasteiger partial charge in [-0.05, 0) is 17.5 Å². The van der Waals surface area contributed by atoms with E-state index in [-0.39, 0.29) is 6.61 Å². The SMILES string of the molecule is O=P1(NCCCO)C=C(c2ccccc2)SC(c2ccccc2)=C1. The fraction of sp³-hybridized carbons (Fsp3) is 0.158. The third-order valence-electron chi connectivity index (χ3n) is 3.65. The van der Waals surface area contributed by atoms with E-state index >= 15 is 0 Å². The van der Waals surface area contributed by atoms with Crippen LogP contribution in [0.2, 0.25) is 0 Å². The monoisotopic (exact) mass is 357 g/mol. The first-order valence-electron chi connectivity index (χ1n) is 7.90. The number of benzene rings is 2. The average Bonchev–Trinajstić information content (AvgIpc) is 2.63. The summed E-state index contributed by atoms with van der Waals surface area (Å²) >= 11 is 1.64. The van der Waals surface area contributed by atoms with Crippen molar-refractivity contribution in [1.82, 2.24) is 5.09 Å². The van der Waals surface area contributed by atoms with E-state index in [0.29, 0.717) is 13.0 Å². The van der Waals surface area contributed by atoms with Gasteiger partial charge in [0, 0.05) is 34.6 Å². The molecule has 2 N–H and O–H groups in total. The van der Waals surface area contributed by atoms with Crippen molar-refractivity contribution >= 4 is 28.9 Å². The zero-order valence-electron chi connectivity index (χ0n) is 13.3. The van der Waals surface area contributed by atoms with E-state index in [1.54, 1.807) is 11.8 Å². The second-order valence-electron chi connectivity index (χ2n) is 5.52. The third kappa shape index (κ3) is 4.28. The minimum absolute atomic E-state index is 0.0895. The Morgan fingerprint density at radius 3 is 1.83 bits per heavy atom. The Bertz CT molecular complexity index is 728. The summed E-state index contributed by atoms with van der Waals surface area (Å²) in [6, 6.07) is 20.0. The minimum Gasteiger partial charge on any atom is -0.396 e. The van der Waals surface area contributed by atoms with Crippen LogP contribution in [0, 0.1) is 0 Å². The Hall–Kier alpha value is -1.58. The van der Waals surface area contributed by atoms with Gasteiger partial charge in [-0.1, -0.05) is 72.4 Å². The largest absolute Gasteiger partial charge is 0.396 e. The van der Waals surface area contributed by atoms with Gasteiger partial charge >= 0.3 is 0 Å². The molecule has 5 heteroatoms. The molecule has 0 bridgehead atoms. The summed E-state index contributed by atoms with van der Waals surface area (Å²) in [5.41, 5.74) is 2.13. The molecule has 0 amide bonds. The van der Waals surface area contributed by atoms with Gasteiger partial charge < -0.3 is 5.11 Å². The number of nitrogens with one attached hydrogen (secondary N) is 1. The smallest absolute Gasteiger partial charge is 0.192 e. The number of hydrogen-bond donors (Lipinski definition) is 2. The molecule has 2 aromatic rings. The van der Waals surface area contributed by atoms with Crippen LogP contribution in [0.1, 0.15) is 17.5 Å². The van der Waals surface area contributed by atoms with Gasteiger partial charge in [-0.2, -0.15) is 0 Å². The van der Waals surface area contributed by atoms with E-state index in [1.165, 1.54) is 0 Å². The van der Waals surface area contributed by atoms with Crippen molar-refractivity contribution in [2.75, 3.05) is 13.2 Å². The molecular weight excluding hydrogens is 337 g/mol. The van der Waals surface area contributed by atoms with Crippen LogP contribution >= 0.6 is 19.1 Å². The number of rotatable bonds is 6. The lowest BCUT2D eigenvalue weighted by atomic mass is 10.2. The molecule has 124 valence electrons. The highest BCUT2D eigenvalue weighted by Crippen LogP contribution is 2.58. The zero-order chi connectivity index (χ0) is 16.8. The lowest BCUT2D eigenvalue weighted by Gasteiger charge is -2.22. The van der Waals surface area contributed by atoms with E-state index in [2.05, 4.69) is 5.09 Å². The maximum absolute atomic E-state index is 13.3. The summed E-state index contributed by atoms with van der Waals surface area (Å²) in [6.45, 7) is 0.613. The molecule has 0 radical (unpaired) electrons. The van der Waals surface area contributed by atoms with E-state index in [4.69, 9.17) is 5.11 Å². The summed E-state index contributed by atoms with van der Waals surface area (Å²) in [5.74, 6) is 3.69. The molecule has 2 aromatic carbocycles. The van der Waals surface area contributed by atoms with Gasteiger partial charge in [-0.15, -0.1) is 0 Å². The lowest BCUT2D eigenvalue weighted by molar-refractivity contribution is 0.289. The highest BCUT2D eigenvalue weighted by atomic mass is 32.2. The number of hydrogen-bond acceptors (Lipinski definition) is 3. The van der Waals surface area contributed by atoms with Crippen LogP contribution in [0.15, 0.2) is 72.3 Å². The van der Waals surface area contributed by atoms with Crippen LogP contribution in [-0.4, -0.2) is 18.3 Å². The molecule has 3 rings (SSSR count). The molecule has 24 heavy (non-hydrogen) atoms. The Morgan fingerprint density at radius 1 is 0.875 bits per heavy atom. The predicted molar refractivity (Wildman–Crippen MR) is 104 cm³/mol. The molecule has 0 unspecified atom stereocenters. The van der Waals surface area contributed by atoms with Gasteiger partial charge in [0.2, 0.25) is 0 Å². The fourth-order valence-electron chi connectivity index (χ4n) is 2.45. The molecule has 0 fully saturated rings. The Balaban J connectivity index is 1.96. The highest BCUT2D eigenvalue weighted by molar-refractivity contribution is 8.17. The summed E-state index contributed by atoms with van der Waals surface area (Å²) in [6.07, 6.45) is 0.583. The van der Waals surface area contributed by atoms with Gasteiger partial charge in [0.1, 0.15) is 0 Å². The van der Waals surface area contributed by atoms with Crippen LogP contribution in [0.25, 0.3) is 9.81 Å². The molecule has 0 atom stereocenters. The van der Waals surface area contributed by atoms with Crippen molar-refractivity contribution in [3.63, 3.8) is 0 Å². The van der Waals surface area contributed by atoms with Crippen LogP contribution in [0.4, 0.5) is 0 Å². The van der Waals surface area contributed by atoms with Crippen LogP contribution in [0.5, 0.6) is 0 Å². The molecule has 0 aliphatic carbocycles. The Kier molecular flexibility index (Phi) is 5.75. The molecule has 0 spiro atoms. The first-order chi connectivity index (χ1) is 11.7. The van der Waals surface area contributed by atoms with Crippen molar-refractivity contribution in [1.29, 1.82) is 0 Å². The quantitative estimate of drug-likeness (QED) is 0.565. The average molecular weight is 357 g/mol. The minimum atomic E-state index is -2.79. The zero-order valence-corrected chi connectivity index (χ0v) is 15.0. The molecule has 1 aliphatic heterocycles. The molecule has 0 aromatic heterocycles. The number of aliphatic hydroxyl groups is 1. The van der Waals surface area contributed by atoms with E-state index in [1.807, 2.05) is 72.3 Å². The highest BCUT2D eigenvalue weighted by Gasteiger charge is 2.25. The van der Waals surface area contributed by atoms with Crippen LogP contribution in [-0.2, 0) is 4.57 Å². The van der Waals surface area contributed by atoms with Crippen LogP contribution in [0.3, 0.4) is 0 Å². The van der Waals surface area contributed by atoms with Gasteiger partial charge in [-0.3, -0.25) is 9.65 Å². The lowest BCUT2D eigenvalue weighted by Crippen LogP contribution is -2.12. The third-order valence-corrected chi connectivity index (χ3v) is 7.15. The summed E-state index contributed by atoms with van der Waals surface area (Å²) in [5, 5.41) is 12.1. The molecule has 1 heterocycles. The summed E-state index contributed by atoms with van der Waals surface area (Å²) in [7, 11) is -2.79. The normalized spacial score (nSPS) is 16.4. The van der Waals surface area contributed by atoms with E-state index in [0.717, 1.165) is 20.9 Å². The summed E-state index contributed by atoms with van der Waals surface area (Å²) < 4.78 is 13.3. The number of thioether (sulfide) groups is 1. The Morgan fingerprint density at radius 2 is 1.38 bits per heavy atom. The van der Waals surface area contributed by atoms with Gasteiger partial charge in [0.05, 0.1) is 0 Å². The van der Waals surface area contributed by atoms with Crippen molar-refractivity contribution in [3.8, 4) is 0 Å². The molecule has 1 aliphatic rings. The Labute approximate surface area is 146 Å². The predicted octanol–water partition coefficient (Wildman–Crippen LogP) is 4.98. The van der Waals surface area contributed by atoms with Gasteiger partial charge in [-0.25, -0.2) is 0 Å². The van der Waals surface area contributed by atoms with E-state index in [9.17, 15) is 4.57 Å². The van der Waals surface area contributed by atoms with Crippen molar-refractivity contribution in [2.24, 2.45) is 0 Å². The van der Waals surface area contributed by atoms with Gasteiger partial charge in [0.25, 0.3) is 0 Å². The standard InChI is InChI=1S/C19H20NO2PS/c21-13-7-12-20-23(22)14-18(16-8-3-1-4-9-16)24-19(15-23)17-10-5-2-6-11-17/h1-6,8-11,14-15,21H,7,12-13H2,(H,20,22). The van der Waals surface area contributed by atoms with Crippen molar-refractivity contribution in [3.05, 3.63) is 83.4 Å². The fourth-order valence-corrected chi connectivity index (χ4v) is 6.32. The van der Waals surface area contributed by atoms with Crippen LogP contribution < -0.4 is 5.09 Å². The van der Waals surface area contributed by atoms with Crippen molar-refractivity contribution in [2.45, 2.75) is 6.42 Å². The summed E-state index contributed by atoms with van der Waals surface area (Å²) in [4.78, 5) is 1.99. The molecule has 0 saturated carbocycles. The van der Waals surface area contributed by atoms with Crippen molar-refractivity contribution < 1.29 is 9.67 Å².